The fourth-order valence-electron chi connectivity index (χ4n) is 1.43. The van der Waals surface area contributed by atoms with Crippen molar-refractivity contribution in [1.82, 2.24) is 0 Å². The molecule has 1 aromatic rings. The summed E-state index contributed by atoms with van der Waals surface area (Å²) in [7, 11) is -1.90. The summed E-state index contributed by atoms with van der Waals surface area (Å²) in [4.78, 5) is 11.6. The largest absolute Gasteiger partial charge is 0.543 e. The average molecular weight is 264 g/mol. The van der Waals surface area contributed by atoms with E-state index >= 15 is 0 Å². The van der Waals surface area contributed by atoms with Gasteiger partial charge >= 0.3 is 0 Å². The van der Waals surface area contributed by atoms with Crippen molar-refractivity contribution in [3.63, 3.8) is 0 Å². The van der Waals surface area contributed by atoms with Gasteiger partial charge in [0.1, 0.15) is 5.75 Å². The lowest BCUT2D eigenvalue weighted by molar-refractivity contribution is 0.101. The van der Waals surface area contributed by atoms with E-state index in [1.54, 1.807) is 6.92 Å². The number of carbonyl (C=O) groups is 1. The molecule has 2 nitrogen and oxygen atoms in total. The van der Waals surface area contributed by atoms with Crippen LogP contribution in [-0.2, 0) is 0 Å². The van der Waals surface area contributed by atoms with E-state index in [9.17, 15) is 4.79 Å². The second kappa shape index (κ2) is 4.88. The smallest absolute Gasteiger partial charge is 0.250 e. The van der Waals surface area contributed by atoms with Gasteiger partial charge in [0.05, 0.1) is 5.56 Å². The lowest BCUT2D eigenvalue weighted by Crippen LogP contribution is -2.44. The summed E-state index contributed by atoms with van der Waals surface area (Å²) in [5.74, 6) is 0.804. The fraction of sp³-hybridized carbons (Fsp3) is 0.533. The molecule has 0 N–H and O–H groups in total. The lowest BCUT2D eigenvalue weighted by atomic mass is 10.1. The van der Waals surface area contributed by atoms with Crippen molar-refractivity contribution in [1.29, 1.82) is 0 Å². The van der Waals surface area contributed by atoms with E-state index in [0.29, 0.717) is 5.56 Å². The molecule has 0 aliphatic carbocycles. The molecular weight excluding hydrogens is 240 g/mol. The molecule has 0 aliphatic rings. The van der Waals surface area contributed by atoms with Gasteiger partial charge in [0, 0.05) is 0 Å². The third-order valence-electron chi connectivity index (χ3n) is 3.69. The molecule has 100 valence electrons. The average Bonchev–Trinajstić information content (AvgIpc) is 2.14. The highest BCUT2D eigenvalue weighted by atomic mass is 28.4. The number of Topliss-reactive ketones (excluding diaryl/α,β-unsaturated/α-hetero) is 1. The third-order valence-corrected chi connectivity index (χ3v) is 8.03. The van der Waals surface area contributed by atoms with Crippen LogP contribution in [0.3, 0.4) is 0 Å². The van der Waals surface area contributed by atoms with Gasteiger partial charge in [-0.2, -0.15) is 0 Å². The van der Waals surface area contributed by atoms with E-state index in [4.69, 9.17) is 4.43 Å². The number of ketones is 1. The Labute approximate surface area is 111 Å². The van der Waals surface area contributed by atoms with Crippen LogP contribution in [0.2, 0.25) is 18.1 Å². The van der Waals surface area contributed by atoms with E-state index < -0.39 is 8.32 Å². The van der Waals surface area contributed by atoms with Gasteiger partial charge in [-0.1, -0.05) is 26.8 Å². The Bertz CT molecular complexity index is 456. The Kier molecular flexibility index (Phi) is 4.06. The molecule has 0 fully saturated rings. The van der Waals surface area contributed by atoms with Crippen molar-refractivity contribution in [3.8, 4) is 5.75 Å². The predicted octanol–water partition coefficient (Wildman–Crippen LogP) is 4.58. The minimum Gasteiger partial charge on any atom is -0.543 e. The van der Waals surface area contributed by atoms with E-state index in [2.05, 4.69) is 33.9 Å². The Morgan fingerprint density at radius 2 is 1.78 bits per heavy atom. The Balaban J connectivity index is 3.18. The van der Waals surface area contributed by atoms with Gasteiger partial charge in [-0.15, -0.1) is 0 Å². The first-order valence-electron chi connectivity index (χ1n) is 6.35. The maximum atomic E-state index is 11.6. The first-order chi connectivity index (χ1) is 8.04. The summed E-state index contributed by atoms with van der Waals surface area (Å²) in [6, 6.07) is 5.78. The highest BCUT2D eigenvalue weighted by Gasteiger charge is 2.39. The maximum Gasteiger partial charge on any atom is 0.250 e. The minimum atomic E-state index is -1.90. The van der Waals surface area contributed by atoms with E-state index in [0.717, 1.165) is 11.3 Å². The number of aryl methyl sites for hydroxylation is 1. The quantitative estimate of drug-likeness (QED) is 0.590. The molecule has 0 bridgehead atoms. The van der Waals surface area contributed by atoms with Crippen molar-refractivity contribution in [2.45, 2.75) is 52.8 Å². The molecule has 1 aromatic carbocycles. The van der Waals surface area contributed by atoms with Crippen LogP contribution in [0.15, 0.2) is 18.2 Å². The summed E-state index contributed by atoms with van der Waals surface area (Å²) in [5.41, 5.74) is 1.80. The summed E-state index contributed by atoms with van der Waals surface area (Å²) in [6.45, 7) is 14.6. The molecule has 0 radical (unpaired) electrons. The van der Waals surface area contributed by atoms with E-state index in [1.807, 2.05) is 25.1 Å². The Morgan fingerprint density at radius 1 is 1.22 bits per heavy atom. The molecule has 0 amide bonds. The first-order valence-corrected chi connectivity index (χ1v) is 9.26. The van der Waals surface area contributed by atoms with Gasteiger partial charge in [-0.05, 0) is 49.7 Å². The summed E-state index contributed by atoms with van der Waals surface area (Å²) in [6.07, 6.45) is 0. The predicted molar refractivity (Wildman–Crippen MR) is 79.0 cm³/mol. The van der Waals surface area contributed by atoms with Crippen LogP contribution >= 0.6 is 0 Å². The zero-order valence-electron chi connectivity index (χ0n) is 12.5. The van der Waals surface area contributed by atoms with Crippen LogP contribution in [0.5, 0.6) is 5.75 Å². The van der Waals surface area contributed by atoms with Gasteiger partial charge < -0.3 is 4.43 Å². The minimum absolute atomic E-state index is 0.0590. The fourth-order valence-corrected chi connectivity index (χ4v) is 2.46. The van der Waals surface area contributed by atoms with Gasteiger partial charge in [0.25, 0.3) is 8.32 Å². The molecule has 0 heterocycles. The Morgan fingerprint density at radius 3 is 2.22 bits per heavy atom. The van der Waals surface area contributed by atoms with Crippen molar-refractivity contribution in [3.05, 3.63) is 29.3 Å². The standard InChI is InChI=1S/C15H24O2Si/c1-11-8-9-13(12(2)16)14(10-11)17-18(6,7)15(3,4)5/h8-10H,1-7H3. The topological polar surface area (TPSA) is 26.3 Å². The Hall–Kier alpha value is -1.09. The third kappa shape index (κ3) is 3.22. The number of carbonyl (C=O) groups excluding carboxylic acids is 1. The normalized spacial score (nSPS) is 12.4. The van der Waals surface area contributed by atoms with Crippen molar-refractivity contribution in [2.24, 2.45) is 0 Å². The molecule has 0 atom stereocenters. The maximum absolute atomic E-state index is 11.6. The monoisotopic (exact) mass is 264 g/mol. The molecule has 0 saturated heterocycles. The molecule has 0 spiro atoms. The number of hydrogen-bond donors (Lipinski definition) is 0. The van der Waals surface area contributed by atoms with Gasteiger partial charge in [0.15, 0.2) is 5.78 Å². The van der Waals surface area contributed by atoms with E-state index in [1.165, 1.54) is 0 Å². The number of hydrogen-bond acceptors (Lipinski definition) is 2. The molecule has 3 heteroatoms. The zero-order valence-corrected chi connectivity index (χ0v) is 13.5. The van der Waals surface area contributed by atoms with Crippen LogP contribution in [-0.4, -0.2) is 14.1 Å². The summed E-state index contributed by atoms with van der Waals surface area (Å²) < 4.78 is 6.26. The molecule has 0 saturated carbocycles. The molecule has 0 unspecified atom stereocenters. The molecular formula is C15H24O2Si. The first kappa shape index (κ1) is 15.0. The van der Waals surface area contributed by atoms with Crippen LogP contribution in [0.4, 0.5) is 0 Å². The SMILES string of the molecule is CC(=O)c1ccc(C)cc1O[Si](C)(C)C(C)(C)C. The second-order valence-corrected chi connectivity index (χ2v) is 11.1. The van der Waals surface area contributed by atoms with Crippen LogP contribution in [0, 0.1) is 6.92 Å². The zero-order chi connectivity index (χ0) is 14.1. The molecule has 18 heavy (non-hydrogen) atoms. The van der Waals surface area contributed by atoms with Crippen molar-refractivity contribution in [2.75, 3.05) is 0 Å². The molecule has 0 aliphatic heterocycles. The highest BCUT2D eigenvalue weighted by molar-refractivity contribution is 6.74. The number of rotatable bonds is 3. The molecule has 1 rings (SSSR count). The summed E-state index contributed by atoms with van der Waals surface area (Å²) in [5, 5.41) is 0.130. The van der Waals surface area contributed by atoms with Crippen LogP contribution in [0.1, 0.15) is 43.6 Å². The van der Waals surface area contributed by atoms with Gasteiger partial charge in [-0.3, -0.25) is 4.79 Å². The van der Waals surface area contributed by atoms with Crippen LogP contribution in [0.25, 0.3) is 0 Å². The van der Waals surface area contributed by atoms with Gasteiger partial charge in [0.2, 0.25) is 0 Å². The summed E-state index contributed by atoms with van der Waals surface area (Å²) >= 11 is 0. The van der Waals surface area contributed by atoms with Crippen molar-refractivity contribution < 1.29 is 9.22 Å². The highest BCUT2D eigenvalue weighted by Crippen LogP contribution is 2.38. The van der Waals surface area contributed by atoms with Crippen molar-refractivity contribution >= 4 is 14.1 Å². The van der Waals surface area contributed by atoms with Gasteiger partial charge in [-0.25, -0.2) is 0 Å². The van der Waals surface area contributed by atoms with Crippen LogP contribution < -0.4 is 4.43 Å². The lowest BCUT2D eigenvalue weighted by Gasteiger charge is -2.37. The second-order valence-electron chi connectivity index (χ2n) is 6.42. The van der Waals surface area contributed by atoms with E-state index in [-0.39, 0.29) is 10.8 Å². The molecule has 0 aromatic heterocycles. The number of benzene rings is 1.